The molecule has 134 valence electrons. The number of nitrogens with two attached hydrogens (primary N) is 1. The van der Waals surface area contributed by atoms with Gasteiger partial charge in [0, 0.05) is 26.2 Å². The predicted octanol–water partition coefficient (Wildman–Crippen LogP) is 2.19. The van der Waals surface area contributed by atoms with E-state index in [0.29, 0.717) is 19.6 Å². The third kappa shape index (κ3) is 5.57. The first-order chi connectivity index (χ1) is 10.3. The van der Waals surface area contributed by atoms with Crippen LogP contribution in [0.3, 0.4) is 0 Å². The molecule has 23 heavy (non-hydrogen) atoms. The number of nitrogens with zero attached hydrogens (tertiary/aromatic N) is 2. The molecule has 1 aliphatic rings. The van der Waals surface area contributed by atoms with Crippen LogP contribution in [-0.2, 0) is 9.47 Å². The van der Waals surface area contributed by atoms with Gasteiger partial charge in [-0.3, -0.25) is 4.90 Å². The molecule has 2 N–H and O–H groups in total. The molecular weight excluding hydrogens is 298 g/mol. The molecule has 1 saturated heterocycles. The quantitative estimate of drug-likeness (QED) is 0.797. The minimum absolute atomic E-state index is 0.228. The first-order valence-corrected chi connectivity index (χ1v) is 7.96. The molecule has 7 heteroatoms. The van der Waals surface area contributed by atoms with Crippen LogP contribution in [0.4, 0.5) is 9.59 Å². The van der Waals surface area contributed by atoms with E-state index in [0.717, 1.165) is 0 Å². The number of hydrogen-bond acceptors (Lipinski definition) is 5. The average molecular weight is 329 g/mol. The van der Waals surface area contributed by atoms with Crippen molar-refractivity contribution in [2.75, 3.05) is 26.2 Å². The van der Waals surface area contributed by atoms with E-state index in [1.807, 2.05) is 48.5 Å². The lowest BCUT2D eigenvalue weighted by atomic mass is 9.97. The number of ether oxygens (including phenoxy) is 2. The van der Waals surface area contributed by atoms with Gasteiger partial charge in [0.05, 0.1) is 5.54 Å². The third-order valence-electron chi connectivity index (χ3n) is 3.48. The summed E-state index contributed by atoms with van der Waals surface area (Å²) < 4.78 is 10.9. The van der Waals surface area contributed by atoms with Crippen LogP contribution in [-0.4, -0.2) is 64.9 Å². The third-order valence-corrected chi connectivity index (χ3v) is 3.48. The molecule has 0 saturated carbocycles. The van der Waals surface area contributed by atoms with Crippen molar-refractivity contribution in [3.8, 4) is 0 Å². The normalized spacial score (nSPS) is 22.8. The maximum atomic E-state index is 12.4. The lowest BCUT2D eigenvalue weighted by Gasteiger charge is -2.48. The standard InChI is InChI=1S/C16H31N3O4/c1-14(2,3)22-12(20)18-8-9-19(16(7,10-17)11-18)13(21)23-15(4,5)6/h8-11,17H2,1-7H3. The molecule has 0 radical (unpaired) electrons. The first-order valence-electron chi connectivity index (χ1n) is 7.96. The maximum Gasteiger partial charge on any atom is 0.410 e. The van der Waals surface area contributed by atoms with Crippen molar-refractivity contribution < 1.29 is 19.1 Å². The lowest BCUT2D eigenvalue weighted by molar-refractivity contribution is -0.0355. The van der Waals surface area contributed by atoms with Crippen molar-refractivity contribution in [3.63, 3.8) is 0 Å². The van der Waals surface area contributed by atoms with Crippen LogP contribution in [0.15, 0.2) is 0 Å². The van der Waals surface area contributed by atoms with Gasteiger partial charge in [0.1, 0.15) is 11.2 Å². The van der Waals surface area contributed by atoms with Crippen molar-refractivity contribution in [3.05, 3.63) is 0 Å². The number of carbonyl (C=O) groups excluding carboxylic acids is 2. The average Bonchev–Trinajstić information content (AvgIpc) is 2.34. The fourth-order valence-electron chi connectivity index (χ4n) is 2.35. The molecule has 1 fully saturated rings. The van der Waals surface area contributed by atoms with Gasteiger partial charge < -0.3 is 20.1 Å². The molecule has 0 aliphatic carbocycles. The van der Waals surface area contributed by atoms with E-state index >= 15 is 0 Å². The second-order valence-corrected chi connectivity index (χ2v) is 8.23. The first kappa shape index (κ1) is 19.5. The monoisotopic (exact) mass is 329 g/mol. The Morgan fingerprint density at radius 1 is 1.00 bits per heavy atom. The highest BCUT2D eigenvalue weighted by molar-refractivity contribution is 5.72. The van der Waals surface area contributed by atoms with Crippen LogP contribution in [0.2, 0.25) is 0 Å². The van der Waals surface area contributed by atoms with Crippen LogP contribution in [0.5, 0.6) is 0 Å². The number of hydrogen-bond donors (Lipinski definition) is 1. The summed E-state index contributed by atoms with van der Waals surface area (Å²) in [5.41, 5.74) is 4.08. The summed E-state index contributed by atoms with van der Waals surface area (Å²) in [6.45, 7) is 14.1. The van der Waals surface area contributed by atoms with Gasteiger partial charge in [-0.1, -0.05) is 0 Å². The second-order valence-electron chi connectivity index (χ2n) is 8.23. The number of piperazine rings is 1. The second kappa shape index (κ2) is 6.55. The van der Waals surface area contributed by atoms with E-state index in [1.165, 1.54) is 0 Å². The predicted molar refractivity (Wildman–Crippen MR) is 88.2 cm³/mol. The summed E-state index contributed by atoms with van der Waals surface area (Å²) >= 11 is 0. The molecule has 7 nitrogen and oxygen atoms in total. The van der Waals surface area contributed by atoms with Gasteiger partial charge in [0.15, 0.2) is 0 Å². The largest absolute Gasteiger partial charge is 0.444 e. The summed E-state index contributed by atoms with van der Waals surface area (Å²) in [4.78, 5) is 27.9. The Hall–Kier alpha value is -1.50. The number of rotatable bonds is 1. The fourth-order valence-corrected chi connectivity index (χ4v) is 2.35. The Morgan fingerprint density at radius 3 is 1.91 bits per heavy atom. The summed E-state index contributed by atoms with van der Waals surface area (Å²) in [5, 5.41) is 0. The van der Waals surface area contributed by atoms with E-state index < -0.39 is 22.8 Å². The van der Waals surface area contributed by atoms with Gasteiger partial charge in [-0.15, -0.1) is 0 Å². The van der Waals surface area contributed by atoms with E-state index in [9.17, 15) is 9.59 Å². The molecule has 1 rings (SSSR count). The van der Waals surface area contributed by atoms with Crippen molar-refractivity contribution in [1.29, 1.82) is 0 Å². The van der Waals surface area contributed by atoms with Crippen LogP contribution < -0.4 is 5.73 Å². The van der Waals surface area contributed by atoms with Crippen molar-refractivity contribution in [1.82, 2.24) is 9.80 Å². The summed E-state index contributed by atoms with van der Waals surface area (Å²) in [5.74, 6) is 0. The summed E-state index contributed by atoms with van der Waals surface area (Å²) in [6, 6.07) is 0. The molecule has 0 aromatic carbocycles. The molecule has 0 spiro atoms. The molecule has 0 bridgehead atoms. The molecule has 1 aliphatic heterocycles. The highest BCUT2D eigenvalue weighted by Gasteiger charge is 2.43. The zero-order chi connectivity index (χ0) is 18.1. The van der Waals surface area contributed by atoms with E-state index in [1.54, 1.807) is 9.80 Å². The number of amides is 2. The van der Waals surface area contributed by atoms with Gasteiger partial charge in [0.2, 0.25) is 0 Å². The molecule has 1 atom stereocenters. The Morgan fingerprint density at radius 2 is 1.48 bits per heavy atom. The van der Waals surface area contributed by atoms with Crippen LogP contribution in [0, 0.1) is 0 Å². The zero-order valence-electron chi connectivity index (χ0n) is 15.4. The van der Waals surface area contributed by atoms with Gasteiger partial charge in [-0.25, -0.2) is 9.59 Å². The van der Waals surface area contributed by atoms with Crippen molar-refractivity contribution in [2.24, 2.45) is 5.73 Å². The number of carbonyl (C=O) groups is 2. The topological polar surface area (TPSA) is 85.1 Å². The zero-order valence-corrected chi connectivity index (χ0v) is 15.4. The maximum absolute atomic E-state index is 12.4. The minimum atomic E-state index is -0.683. The fraction of sp³-hybridized carbons (Fsp3) is 0.875. The molecular formula is C16H31N3O4. The van der Waals surface area contributed by atoms with Gasteiger partial charge in [-0.2, -0.15) is 0 Å². The van der Waals surface area contributed by atoms with E-state index in [4.69, 9.17) is 15.2 Å². The molecule has 0 aromatic rings. The molecule has 1 unspecified atom stereocenters. The van der Waals surface area contributed by atoms with Crippen LogP contribution in [0.25, 0.3) is 0 Å². The summed E-state index contributed by atoms with van der Waals surface area (Å²) in [7, 11) is 0. The van der Waals surface area contributed by atoms with Crippen molar-refractivity contribution >= 4 is 12.2 Å². The highest BCUT2D eigenvalue weighted by Crippen LogP contribution is 2.24. The van der Waals surface area contributed by atoms with Crippen LogP contribution >= 0.6 is 0 Å². The summed E-state index contributed by atoms with van der Waals surface area (Å²) in [6.07, 6.45) is -0.796. The SMILES string of the molecule is CC(C)(C)OC(=O)N1CCN(C(=O)OC(C)(C)C)C(C)(CN)C1. The smallest absolute Gasteiger partial charge is 0.410 e. The Labute approximate surface area is 139 Å². The Kier molecular flexibility index (Phi) is 5.57. The van der Waals surface area contributed by atoms with Gasteiger partial charge >= 0.3 is 12.2 Å². The van der Waals surface area contributed by atoms with Crippen molar-refractivity contribution in [2.45, 2.75) is 65.2 Å². The minimum Gasteiger partial charge on any atom is -0.444 e. The molecule has 0 aromatic heterocycles. The molecule has 1 heterocycles. The highest BCUT2D eigenvalue weighted by atomic mass is 16.6. The van der Waals surface area contributed by atoms with E-state index in [-0.39, 0.29) is 12.6 Å². The van der Waals surface area contributed by atoms with Gasteiger partial charge in [-0.05, 0) is 48.5 Å². The van der Waals surface area contributed by atoms with Crippen LogP contribution in [0.1, 0.15) is 48.5 Å². The Balaban J connectivity index is 2.83. The van der Waals surface area contributed by atoms with E-state index in [2.05, 4.69) is 0 Å². The van der Waals surface area contributed by atoms with Gasteiger partial charge in [0.25, 0.3) is 0 Å². The molecule has 2 amide bonds. The Bertz CT molecular complexity index is 453. The lowest BCUT2D eigenvalue weighted by Crippen LogP contribution is -2.67.